The van der Waals surface area contributed by atoms with Gasteiger partial charge in [-0.15, -0.1) is 0 Å². The highest BCUT2D eigenvalue weighted by Gasteiger charge is 2.23. The first kappa shape index (κ1) is 13.0. The molecule has 1 aromatic heterocycles. The number of carboxylic acid groups (broad SMARTS) is 1. The van der Waals surface area contributed by atoms with Crippen LogP contribution in [0.1, 0.15) is 17.7 Å². The van der Waals surface area contributed by atoms with Crippen molar-refractivity contribution in [1.29, 1.82) is 0 Å². The summed E-state index contributed by atoms with van der Waals surface area (Å²) in [7, 11) is 0. The van der Waals surface area contributed by atoms with E-state index in [9.17, 15) is 4.79 Å². The van der Waals surface area contributed by atoms with Crippen molar-refractivity contribution >= 4 is 5.97 Å². The summed E-state index contributed by atoms with van der Waals surface area (Å²) in [6.45, 7) is 4.86. The van der Waals surface area contributed by atoms with Crippen LogP contribution < -0.4 is 0 Å². The van der Waals surface area contributed by atoms with Gasteiger partial charge in [0.15, 0.2) is 0 Å². The quantitative estimate of drug-likeness (QED) is 0.866. The Morgan fingerprint density at radius 1 is 1.67 bits per heavy atom. The summed E-state index contributed by atoms with van der Waals surface area (Å²) in [6.07, 6.45) is 1.65. The minimum Gasteiger partial charge on any atom is -0.481 e. The molecule has 0 spiro atoms. The second-order valence-corrected chi connectivity index (χ2v) is 4.59. The van der Waals surface area contributed by atoms with E-state index in [0.717, 1.165) is 18.8 Å². The van der Waals surface area contributed by atoms with Gasteiger partial charge in [0, 0.05) is 25.8 Å². The molecular weight excluding hydrogens is 232 g/mol. The Balaban J connectivity index is 1.93. The van der Waals surface area contributed by atoms with Gasteiger partial charge in [-0.3, -0.25) is 14.7 Å². The summed E-state index contributed by atoms with van der Waals surface area (Å²) >= 11 is 0. The molecule has 0 aromatic carbocycles. The number of aliphatic carboxylic acids is 1. The number of rotatable bonds is 4. The van der Waals surface area contributed by atoms with Crippen LogP contribution in [0.15, 0.2) is 18.3 Å². The third-order valence-corrected chi connectivity index (χ3v) is 3.12. The predicted octanol–water partition coefficient (Wildman–Crippen LogP) is 1.07. The highest BCUT2D eigenvalue weighted by Crippen LogP contribution is 2.13. The van der Waals surface area contributed by atoms with Gasteiger partial charge in [-0.1, -0.05) is 6.07 Å². The lowest BCUT2D eigenvalue weighted by Gasteiger charge is -2.32. The van der Waals surface area contributed by atoms with Gasteiger partial charge in [0.2, 0.25) is 0 Å². The Kier molecular flexibility index (Phi) is 4.28. The molecule has 1 aliphatic heterocycles. The SMILES string of the molecule is Cc1cccnc1CN1CCOC(CC(=O)O)C1. The summed E-state index contributed by atoms with van der Waals surface area (Å²) in [4.78, 5) is 17.2. The van der Waals surface area contributed by atoms with Crippen molar-refractivity contribution in [3.8, 4) is 0 Å². The molecule has 0 bridgehead atoms. The summed E-state index contributed by atoms with van der Waals surface area (Å²) in [5, 5.41) is 8.77. The first-order valence-corrected chi connectivity index (χ1v) is 6.11. The summed E-state index contributed by atoms with van der Waals surface area (Å²) in [5.74, 6) is -0.809. The van der Waals surface area contributed by atoms with Gasteiger partial charge in [-0.05, 0) is 18.6 Å². The van der Waals surface area contributed by atoms with E-state index in [-0.39, 0.29) is 12.5 Å². The third-order valence-electron chi connectivity index (χ3n) is 3.12. The number of carbonyl (C=O) groups is 1. The van der Waals surface area contributed by atoms with E-state index in [0.29, 0.717) is 13.2 Å². The number of ether oxygens (including phenoxy) is 1. The van der Waals surface area contributed by atoms with Crippen LogP contribution in [0.25, 0.3) is 0 Å². The Labute approximate surface area is 106 Å². The van der Waals surface area contributed by atoms with Crippen LogP contribution >= 0.6 is 0 Å². The molecule has 0 aliphatic carbocycles. The number of hydrogen-bond donors (Lipinski definition) is 1. The van der Waals surface area contributed by atoms with Crippen LogP contribution in [0.4, 0.5) is 0 Å². The van der Waals surface area contributed by atoms with E-state index in [1.165, 1.54) is 5.56 Å². The van der Waals surface area contributed by atoms with Crippen molar-refractivity contribution in [2.45, 2.75) is 26.0 Å². The molecule has 1 atom stereocenters. The minimum absolute atomic E-state index is 0.0672. The topological polar surface area (TPSA) is 62.7 Å². The third kappa shape index (κ3) is 3.51. The van der Waals surface area contributed by atoms with Gasteiger partial charge in [-0.25, -0.2) is 0 Å². The Bertz CT molecular complexity index is 422. The Hall–Kier alpha value is -1.46. The fourth-order valence-electron chi connectivity index (χ4n) is 2.14. The van der Waals surface area contributed by atoms with Gasteiger partial charge in [0.05, 0.1) is 24.8 Å². The van der Waals surface area contributed by atoms with E-state index in [1.54, 1.807) is 6.20 Å². The van der Waals surface area contributed by atoms with Crippen molar-refractivity contribution in [3.63, 3.8) is 0 Å². The molecule has 98 valence electrons. The van der Waals surface area contributed by atoms with Crippen molar-refractivity contribution in [1.82, 2.24) is 9.88 Å². The molecule has 5 nitrogen and oxygen atoms in total. The van der Waals surface area contributed by atoms with Gasteiger partial charge in [0.25, 0.3) is 0 Å². The monoisotopic (exact) mass is 250 g/mol. The summed E-state index contributed by atoms with van der Waals surface area (Å²) in [5.41, 5.74) is 2.22. The van der Waals surface area contributed by atoms with Crippen molar-refractivity contribution in [2.24, 2.45) is 0 Å². The van der Waals surface area contributed by atoms with E-state index < -0.39 is 5.97 Å². The number of pyridine rings is 1. The molecule has 2 heterocycles. The van der Waals surface area contributed by atoms with E-state index in [4.69, 9.17) is 9.84 Å². The average molecular weight is 250 g/mol. The molecule has 1 aliphatic rings. The van der Waals surface area contributed by atoms with Gasteiger partial charge in [0.1, 0.15) is 0 Å². The molecule has 2 rings (SSSR count). The molecule has 18 heavy (non-hydrogen) atoms. The van der Waals surface area contributed by atoms with E-state index >= 15 is 0 Å². The lowest BCUT2D eigenvalue weighted by molar-refractivity contribution is -0.142. The van der Waals surface area contributed by atoms with Crippen LogP contribution in [0.5, 0.6) is 0 Å². The number of morpholine rings is 1. The maximum Gasteiger partial charge on any atom is 0.306 e. The standard InChI is InChI=1S/C13H18N2O3/c1-10-3-2-4-14-12(10)9-15-5-6-18-11(8-15)7-13(16)17/h2-4,11H,5-9H2,1H3,(H,16,17). The average Bonchev–Trinajstić information content (AvgIpc) is 2.32. The minimum atomic E-state index is -0.809. The maximum atomic E-state index is 10.7. The normalized spacial score (nSPS) is 20.8. The maximum absolute atomic E-state index is 10.7. The molecule has 1 aromatic rings. The Morgan fingerprint density at radius 3 is 3.22 bits per heavy atom. The molecule has 1 unspecified atom stereocenters. The Morgan fingerprint density at radius 2 is 2.50 bits per heavy atom. The van der Waals surface area contributed by atoms with Crippen LogP contribution in [0.2, 0.25) is 0 Å². The zero-order chi connectivity index (χ0) is 13.0. The van der Waals surface area contributed by atoms with Crippen LogP contribution in [0, 0.1) is 6.92 Å². The van der Waals surface area contributed by atoms with Crippen LogP contribution in [0.3, 0.4) is 0 Å². The van der Waals surface area contributed by atoms with Crippen LogP contribution in [-0.2, 0) is 16.1 Å². The molecule has 1 N–H and O–H groups in total. The fraction of sp³-hybridized carbons (Fsp3) is 0.538. The number of hydrogen-bond acceptors (Lipinski definition) is 4. The van der Waals surface area contributed by atoms with Crippen molar-refractivity contribution < 1.29 is 14.6 Å². The first-order valence-electron chi connectivity index (χ1n) is 6.11. The molecule has 5 heteroatoms. The van der Waals surface area contributed by atoms with Crippen molar-refractivity contribution in [3.05, 3.63) is 29.6 Å². The van der Waals surface area contributed by atoms with Gasteiger partial charge < -0.3 is 9.84 Å². The van der Waals surface area contributed by atoms with Crippen LogP contribution in [-0.4, -0.2) is 46.8 Å². The highest BCUT2D eigenvalue weighted by atomic mass is 16.5. The van der Waals surface area contributed by atoms with Gasteiger partial charge in [-0.2, -0.15) is 0 Å². The molecule has 0 amide bonds. The van der Waals surface area contributed by atoms with E-state index in [2.05, 4.69) is 9.88 Å². The number of aromatic nitrogens is 1. The van der Waals surface area contributed by atoms with Gasteiger partial charge >= 0.3 is 5.97 Å². The smallest absolute Gasteiger partial charge is 0.306 e. The lowest BCUT2D eigenvalue weighted by atomic mass is 10.1. The zero-order valence-corrected chi connectivity index (χ0v) is 10.5. The number of nitrogens with zero attached hydrogens (tertiary/aromatic N) is 2. The van der Waals surface area contributed by atoms with E-state index in [1.807, 2.05) is 19.1 Å². The molecule has 0 saturated carbocycles. The number of carboxylic acids is 1. The summed E-state index contributed by atoms with van der Waals surface area (Å²) in [6, 6.07) is 3.96. The largest absolute Gasteiger partial charge is 0.481 e. The predicted molar refractivity (Wildman–Crippen MR) is 66.2 cm³/mol. The fourth-order valence-corrected chi connectivity index (χ4v) is 2.14. The first-order chi connectivity index (χ1) is 8.65. The molecular formula is C13H18N2O3. The molecule has 1 fully saturated rings. The number of aryl methyl sites for hydroxylation is 1. The van der Waals surface area contributed by atoms with Crippen molar-refractivity contribution in [2.75, 3.05) is 19.7 Å². The molecule has 0 radical (unpaired) electrons. The molecule has 1 saturated heterocycles. The summed E-state index contributed by atoms with van der Waals surface area (Å²) < 4.78 is 5.44. The zero-order valence-electron chi connectivity index (χ0n) is 10.5. The highest BCUT2D eigenvalue weighted by molar-refractivity contribution is 5.67. The second-order valence-electron chi connectivity index (χ2n) is 4.59. The second kappa shape index (κ2) is 5.93. The lowest BCUT2D eigenvalue weighted by Crippen LogP contribution is -2.43.